The number of hydrogen-bond acceptors (Lipinski definition) is 3. The summed E-state index contributed by atoms with van der Waals surface area (Å²) in [5.41, 5.74) is 6.62. The third-order valence-corrected chi connectivity index (χ3v) is 2.77. The van der Waals surface area contributed by atoms with E-state index in [1.807, 2.05) is 19.1 Å². The molecular formula is C10H16N2S. The van der Waals surface area contributed by atoms with Gasteiger partial charge >= 0.3 is 0 Å². The maximum absolute atomic E-state index is 5.60. The highest BCUT2D eigenvalue weighted by atomic mass is 32.1. The van der Waals surface area contributed by atoms with E-state index in [0.29, 0.717) is 5.92 Å². The van der Waals surface area contributed by atoms with Crippen molar-refractivity contribution in [3.8, 4) is 0 Å². The van der Waals surface area contributed by atoms with E-state index in [2.05, 4.69) is 24.2 Å². The first-order valence-electron chi connectivity index (χ1n) is 4.49. The van der Waals surface area contributed by atoms with Crippen LogP contribution in [0.5, 0.6) is 0 Å². The zero-order chi connectivity index (χ0) is 9.84. The molecule has 0 spiro atoms. The summed E-state index contributed by atoms with van der Waals surface area (Å²) in [5, 5.41) is 3.25. The second kappa shape index (κ2) is 4.53. The van der Waals surface area contributed by atoms with Crippen LogP contribution < -0.4 is 5.73 Å². The molecule has 0 bridgehead atoms. The van der Waals surface area contributed by atoms with Gasteiger partial charge in [-0.3, -0.25) is 0 Å². The van der Waals surface area contributed by atoms with Crippen LogP contribution in [0.1, 0.15) is 37.4 Å². The fourth-order valence-electron chi connectivity index (χ4n) is 0.893. The van der Waals surface area contributed by atoms with Gasteiger partial charge in [-0.15, -0.1) is 11.3 Å². The highest BCUT2D eigenvalue weighted by Crippen LogP contribution is 2.19. The summed E-state index contributed by atoms with van der Waals surface area (Å²) < 4.78 is 0. The molecule has 0 aliphatic heterocycles. The molecule has 1 aromatic heterocycles. The lowest BCUT2D eigenvalue weighted by atomic mass is 10.2. The minimum atomic E-state index is 0.101. The van der Waals surface area contributed by atoms with E-state index in [-0.39, 0.29) is 6.04 Å². The second-order valence-electron chi connectivity index (χ2n) is 3.48. The average molecular weight is 196 g/mol. The zero-order valence-corrected chi connectivity index (χ0v) is 9.14. The SMILES string of the molecule is CC(N)/C=C/c1csc(C(C)C)n1. The molecule has 1 rings (SSSR count). The molecular weight excluding hydrogens is 180 g/mol. The summed E-state index contributed by atoms with van der Waals surface area (Å²) in [4.78, 5) is 4.46. The van der Waals surface area contributed by atoms with Crippen LogP contribution in [-0.2, 0) is 0 Å². The molecule has 13 heavy (non-hydrogen) atoms. The van der Waals surface area contributed by atoms with E-state index in [1.54, 1.807) is 11.3 Å². The highest BCUT2D eigenvalue weighted by Gasteiger charge is 2.03. The van der Waals surface area contributed by atoms with E-state index in [1.165, 1.54) is 5.01 Å². The largest absolute Gasteiger partial charge is 0.325 e. The topological polar surface area (TPSA) is 38.9 Å². The van der Waals surface area contributed by atoms with Crippen molar-refractivity contribution < 1.29 is 0 Å². The molecule has 0 aliphatic carbocycles. The molecule has 72 valence electrons. The summed E-state index contributed by atoms with van der Waals surface area (Å²) in [6.45, 7) is 6.25. The first kappa shape index (κ1) is 10.4. The summed E-state index contributed by atoms with van der Waals surface area (Å²) >= 11 is 1.71. The quantitative estimate of drug-likeness (QED) is 0.807. The lowest BCUT2D eigenvalue weighted by Crippen LogP contribution is -2.09. The van der Waals surface area contributed by atoms with Gasteiger partial charge in [0.2, 0.25) is 0 Å². The van der Waals surface area contributed by atoms with E-state index < -0.39 is 0 Å². The van der Waals surface area contributed by atoms with Crippen LogP contribution in [0.3, 0.4) is 0 Å². The van der Waals surface area contributed by atoms with Crippen LogP contribution in [0.25, 0.3) is 6.08 Å². The van der Waals surface area contributed by atoms with Crippen molar-refractivity contribution in [2.45, 2.75) is 32.7 Å². The number of rotatable bonds is 3. The molecule has 0 amide bonds. The van der Waals surface area contributed by atoms with Crippen molar-refractivity contribution in [2.75, 3.05) is 0 Å². The molecule has 1 unspecified atom stereocenters. The number of nitrogens with two attached hydrogens (primary N) is 1. The fraction of sp³-hybridized carbons (Fsp3) is 0.500. The van der Waals surface area contributed by atoms with Crippen molar-refractivity contribution in [2.24, 2.45) is 5.73 Å². The number of thiazole rings is 1. The first-order valence-corrected chi connectivity index (χ1v) is 5.36. The first-order chi connectivity index (χ1) is 6.09. The standard InChI is InChI=1S/C10H16N2S/c1-7(2)10-12-9(6-13-10)5-4-8(3)11/h4-8H,11H2,1-3H3/b5-4+. The van der Waals surface area contributed by atoms with Gasteiger partial charge in [0, 0.05) is 17.3 Å². The Hall–Kier alpha value is -0.670. The van der Waals surface area contributed by atoms with E-state index in [0.717, 1.165) is 5.69 Å². The van der Waals surface area contributed by atoms with Crippen molar-refractivity contribution in [3.05, 3.63) is 22.2 Å². The van der Waals surface area contributed by atoms with Crippen LogP contribution >= 0.6 is 11.3 Å². The Bertz CT molecular complexity index is 287. The molecule has 0 saturated heterocycles. The zero-order valence-electron chi connectivity index (χ0n) is 8.32. The summed E-state index contributed by atoms with van der Waals surface area (Å²) in [6, 6.07) is 0.101. The van der Waals surface area contributed by atoms with E-state index in [4.69, 9.17) is 5.73 Å². The smallest absolute Gasteiger partial charge is 0.0957 e. The van der Waals surface area contributed by atoms with Crippen molar-refractivity contribution in [3.63, 3.8) is 0 Å². The van der Waals surface area contributed by atoms with Gasteiger partial charge in [0.25, 0.3) is 0 Å². The maximum Gasteiger partial charge on any atom is 0.0957 e. The van der Waals surface area contributed by atoms with Crippen LogP contribution in [0, 0.1) is 0 Å². The molecule has 1 aromatic rings. The number of aromatic nitrogens is 1. The van der Waals surface area contributed by atoms with Gasteiger partial charge in [-0.05, 0) is 13.0 Å². The molecule has 0 radical (unpaired) electrons. The molecule has 0 aromatic carbocycles. The highest BCUT2D eigenvalue weighted by molar-refractivity contribution is 7.09. The van der Waals surface area contributed by atoms with Gasteiger partial charge < -0.3 is 5.73 Å². The van der Waals surface area contributed by atoms with Crippen molar-refractivity contribution >= 4 is 17.4 Å². The van der Waals surface area contributed by atoms with Gasteiger partial charge in [-0.1, -0.05) is 19.9 Å². The lowest BCUT2D eigenvalue weighted by molar-refractivity contribution is 0.851. The van der Waals surface area contributed by atoms with Crippen molar-refractivity contribution in [1.29, 1.82) is 0 Å². The number of nitrogens with zero attached hydrogens (tertiary/aromatic N) is 1. The third-order valence-electron chi connectivity index (χ3n) is 1.60. The maximum atomic E-state index is 5.60. The molecule has 1 heterocycles. The molecule has 3 heteroatoms. The number of hydrogen-bond donors (Lipinski definition) is 1. The van der Waals surface area contributed by atoms with Crippen LogP contribution in [0.15, 0.2) is 11.5 Å². The molecule has 2 N–H and O–H groups in total. The normalized spacial score (nSPS) is 14.2. The second-order valence-corrected chi connectivity index (χ2v) is 4.37. The Morgan fingerprint density at radius 2 is 2.15 bits per heavy atom. The molecule has 0 saturated carbocycles. The van der Waals surface area contributed by atoms with E-state index >= 15 is 0 Å². The van der Waals surface area contributed by atoms with Gasteiger partial charge in [-0.25, -0.2) is 4.98 Å². The minimum absolute atomic E-state index is 0.101. The predicted octanol–water partition coefficient (Wildman–Crippen LogP) is 2.63. The van der Waals surface area contributed by atoms with Gasteiger partial charge in [0.05, 0.1) is 10.7 Å². The lowest BCUT2D eigenvalue weighted by Gasteiger charge is -1.95. The van der Waals surface area contributed by atoms with Gasteiger partial charge in [-0.2, -0.15) is 0 Å². The van der Waals surface area contributed by atoms with Crippen molar-refractivity contribution in [1.82, 2.24) is 4.98 Å². The van der Waals surface area contributed by atoms with Gasteiger partial charge in [0.15, 0.2) is 0 Å². The van der Waals surface area contributed by atoms with Crippen LogP contribution in [0.4, 0.5) is 0 Å². The Balaban J connectivity index is 2.69. The average Bonchev–Trinajstić information content (AvgIpc) is 2.48. The molecule has 0 aliphatic rings. The summed E-state index contributed by atoms with van der Waals surface area (Å²) in [6.07, 6.45) is 3.94. The Kier molecular flexibility index (Phi) is 3.63. The Morgan fingerprint density at radius 1 is 1.46 bits per heavy atom. The molecule has 2 nitrogen and oxygen atoms in total. The molecule has 0 fully saturated rings. The van der Waals surface area contributed by atoms with Gasteiger partial charge in [0.1, 0.15) is 0 Å². The molecule has 1 atom stereocenters. The Morgan fingerprint density at radius 3 is 2.62 bits per heavy atom. The fourth-order valence-corrected chi connectivity index (χ4v) is 1.70. The summed E-state index contributed by atoms with van der Waals surface area (Å²) in [5.74, 6) is 0.516. The monoisotopic (exact) mass is 196 g/mol. The van der Waals surface area contributed by atoms with E-state index in [9.17, 15) is 0 Å². The third kappa shape index (κ3) is 3.28. The minimum Gasteiger partial charge on any atom is -0.325 e. The van der Waals surface area contributed by atoms with Crippen LogP contribution in [0.2, 0.25) is 0 Å². The Labute approximate surface area is 83.5 Å². The predicted molar refractivity (Wildman–Crippen MR) is 58.9 cm³/mol. The summed E-state index contributed by atoms with van der Waals surface area (Å²) in [7, 11) is 0. The van der Waals surface area contributed by atoms with Crippen LogP contribution in [-0.4, -0.2) is 11.0 Å².